The van der Waals surface area contributed by atoms with Crippen LogP contribution in [-0.4, -0.2) is 66.9 Å². The highest BCUT2D eigenvalue weighted by molar-refractivity contribution is 6.32. The summed E-state index contributed by atoms with van der Waals surface area (Å²) in [6, 6.07) is 13.7. The Kier molecular flexibility index (Phi) is 5.31. The van der Waals surface area contributed by atoms with Crippen molar-refractivity contribution in [2.24, 2.45) is 0 Å². The predicted molar refractivity (Wildman–Crippen MR) is 121 cm³/mol. The van der Waals surface area contributed by atoms with E-state index in [2.05, 4.69) is 20.3 Å². The number of hydrogen-bond donors (Lipinski definition) is 0. The van der Waals surface area contributed by atoms with Gasteiger partial charge in [-0.05, 0) is 24.3 Å². The molecule has 1 amide bonds. The van der Waals surface area contributed by atoms with Crippen molar-refractivity contribution in [2.75, 3.05) is 31.1 Å². The fraction of sp³-hybridized carbons (Fsp3) is 0.190. The number of para-hydroxylation sites is 1. The van der Waals surface area contributed by atoms with Crippen molar-refractivity contribution in [1.82, 2.24) is 29.9 Å². The lowest BCUT2D eigenvalue weighted by Gasteiger charge is -2.35. The van der Waals surface area contributed by atoms with Crippen LogP contribution in [-0.2, 0) is 0 Å². The van der Waals surface area contributed by atoms with Gasteiger partial charge in [-0.1, -0.05) is 35.0 Å². The standard InChI is InChI=1S/C21H17ClN8O3/c22-16-7-6-14(12-17(16)30(32)33)21(31)28-10-8-27(9-11-28)19-18-20(24-13-23-19)29(26-25-18)15-4-2-1-3-5-15/h1-7,12-13H,8-11H2. The third kappa shape index (κ3) is 3.82. The molecule has 0 aliphatic carbocycles. The fourth-order valence-electron chi connectivity index (χ4n) is 3.80. The van der Waals surface area contributed by atoms with Gasteiger partial charge in [0, 0.05) is 37.8 Å². The third-order valence-electron chi connectivity index (χ3n) is 5.48. The number of aromatic nitrogens is 5. The predicted octanol–water partition coefficient (Wildman–Crippen LogP) is 2.73. The van der Waals surface area contributed by atoms with E-state index in [-0.39, 0.29) is 22.2 Å². The van der Waals surface area contributed by atoms with E-state index in [1.54, 1.807) is 9.58 Å². The van der Waals surface area contributed by atoms with E-state index in [9.17, 15) is 14.9 Å². The van der Waals surface area contributed by atoms with Crippen LogP contribution in [0.3, 0.4) is 0 Å². The summed E-state index contributed by atoms with van der Waals surface area (Å²) in [4.78, 5) is 35.9. The second kappa shape index (κ2) is 8.43. The number of nitro groups is 1. The Balaban J connectivity index is 1.35. The van der Waals surface area contributed by atoms with Crippen LogP contribution < -0.4 is 4.90 Å². The molecule has 0 atom stereocenters. The summed E-state index contributed by atoms with van der Waals surface area (Å²) >= 11 is 5.86. The number of rotatable bonds is 4. The van der Waals surface area contributed by atoms with Gasteiger partial charge in [0.1, 0.15) is 11.3 Å². The van der Waals surface area contributed by atoms with Gasteiger partial charge in [0.15, 0.2) is 17.0 Å². The maximum Gasteiger partial charge on any atom is 0.288 e. The van der Waals surface area contributed by atoms with Crippen LogP contribution in [0.4, 0.5) is 11.5 Å². The molecule has 1 aliphatic heterocycles. The van der Waals surface area contributed by atoms with Crippen LogP contribution in [0, 0.1) is 10.1 Å². The molecule has 12 heteroatoms. The van der Waals surface area contributed by atoms with Crippen LogP contribution in [0.5, 0.6) is 0 Å². The van der Waals surface area contributed by atoms with Crippen molar-refractivity contribution in [1.29, 1.82) is 0 Å². The van der Waals surface area contributed by atoms with Crippen LogP contribution >= 0.6 is 11.6 Å². The molecule has 0 bridgehead atoms. The zero-order valence-electron chi connectivity index (χ0n) is 17.2. The highest BCUT2D eigenvalue weighted by atomic mass is 35.5. The number of hydrogen-bond acceptors (Lipinski definition) is 8. The number of carbonyl (C=O) groups is 1. The first-order chi connectivity index (χ1) is 16.0. The topological polar surface area (TPSA) is 123 Å². The summed E-state index contributed by atoms with van der Waals surface area (Å²) in [5.74, 6) is 0.369. The first kappa shape index (κ1) is 20.8. The Bertz CT molecular complexity index is 1350. The van der Waals surface area contributed by atoms with Gasteiger partial charge in [-0.3, -0.25) is 14.9 Å². The molecule has 0 spiro atoms. The summed E-state index contributed by atoms with van der Waals surface area (Å²) in [6.07, 6.45) is 1.48. The number of nitro benzene ring substituents is 1. The second-order valence-corrected chi connectivity index (χ2v) is 7.82. The Labute approximate surface area is 192 Å². The van der Waals surface area contributed by atoms with Crippen LogP contribution in [0.15, 0.2) is 54.9 Å². The first-order valence-electron chi connectivity index (χ1n) is 10.1. The molecular weight excluding hydrogens is 448 g/mol. The SMILES string of the molecule is O=C(c1ccc(Cl)c([N+](=O)[O-])c1)N1CCN(c2ncnc3c2nnn3-c2ccccc2)CC1. The van der Waals surface area contributed by atoms with E-state index in [1.165, 1.54) is 24.5 Å². The molecule has 2 aromatic carbocycles. The minimum absolute atomic E-state index is 0.00213. The van der Waals surface area contributed by atoms with Gasteiger partial charge >= 0.3 is 0 Å². The van der Waals surface area contributed by atoms with Gasteiger partial charge in [-0.2, -0.15) is 4.68 Å². The van der Waals surface area contributed by atoms with E-state index in [4.69, 9.17) is 11.6 Å². The Morgan fingerprint density at radius 2 is 1.79 bits per heavy atom. The van der Waals surface area contributed by atoms with Gasteiger partial charge in [0.05, 0.1) is 10.6 Å². The second-order valence-electron chi connectivity index (χ2n) is 7.41. The van der Waals surface area contributed by atoms with Crippen LogP contribution in [0.1, 0.15) is 10.4 Å². The lowest BCUT2D eigenvalue weighted by molar-refractivity contribution is -0.384. The molecule has 5 rings (SSSR count). The lowest BCUT2D eigenvalue weighted by Crippen LogP contribution is -2.49. The smallest absolute Gasteiger partial charge is 0.288 e. The van der Waals surface area contributed by atoms with Gasteiger partial charge < -0.3 is 9.80 Å². The van der Waals surface area contributed by atoms with Crippen LogP contribution in [0.25, 0.3) is 16.9 Å². The molecule has 0 saturated carbocycles. The van der Waals surface area contributed by atoms with Crippen LogP contribution in [0.2, 0.25) is 5.02 Å². The first-order valence-corrected chi connectivity index (χ1v) is 10.5. The number of anilines is 1. The van der Waals surface area contributed by atoms with Crippen molar-refractivity contribution in [3.8, 4) is 5.69 Å². The molecule has 4 aromatic rings. The zero-order chi connectivity index (χ0) is 22.9. The minimum atomic E-state index is -0.597. The summed E-state index contributed by atoms with van der Waals surface area (Å²) in [5.41, 5.74) is 1.96. The minimum Gasteiger partial charge on any atom is -0.351 e. The van der Waals surface area contributed by atoms with E-state index in [0.717, 1.165) is 5.69 Å². The van der Waals surface area contributed by atoms with Gasteiger partial charge in [0.2, 0.25) is 0 Å². The largest absolute Gasteiger partial charge is 0.351 e. The summed E-state index contributed by atoms with van der Waals surface area (Å²) < 4.78 is 1.66. The number of nitrogens with zero attached hydrogens (tertiary/aromatic N) is 8. The number of amides is 1. The third-order valence-corrected chi connectivity index (χ3v) is 5.80. The lowest BCUT2D eigenvalue weighted by atomic mass is 10.1. The van der Waals surface area contributed by atoms with E-state index in [0.29, 0.717) is 43.2 Å². The Morgan fingerprint density at radius 3 is 2.52 bits per heavy atom. The van der Waals surface area contributed by atoms with Crippen molar-refractivity contribution in [3.63, 3.8) is 0 Å². The van der Waals surface area contributed by atoms with Gasteiger partial charge in [-0.25, -0.2) is 9.97 Å². The summed E-state index contributed by atoms with van der Waals surface area (Å²) in [6.45, 7) is 1.89. The molecule has 3 heterocycles. The van der Waals surface area contributed by atoms with Crippen molar-refractivity contribution in [3.05, 3.63) is 75.6 Å². The molecule has 0 N–H and O–H groups in total. The average molecular weight is 465 g/mol. The van der Waals surface area contributed by atoms with Crippen molar-refractivity contribution < 1.29 is 9.72 Å². The molecule has 1 aliphatic rings. The van der Waals surface area contributed by atoms with Crippen molar-refractivity contribution >= 4 is 40.2 Å². The highest BCUT2D eigenvalue weighted by Gasteiger charge is 2.27. The Hall–Kier alpha value is -4.12. The molecule has 33 heavy (non-hydrogen) atoms. The fourth-order valence-corrected chi connectivity index (χ4v) is 3.99. The van der Waals surface area contributed by atoms with Crippen molar-refractivity contribution in [2.45, 2.75) is 0 Å². The quantitative estimate of drug-likeness (QED) is 0.333. The van der Waals surface area contributed by atoms with Gasteiger partial charge in [0.25, 0.3) is 11.6 Å². The molecule has 0 unspecified atom stereocenters. The maximum absolute atomic E-state index is 12.9. The zero-order valence-corrected chi connectivity index (χ0v) is 18.0. The van der Waals surface area contributed by atoms with Gasteiger partial charge in [-0.15, -0.1) is 5.10 Å². The molecule has 0 radical (unpaired) electrons. The number of halogens is 1. The molecule has 166 valence electrons. The van der Waals surface area contributed by atoms with E-state index in [1.807, 2.05) is 35.2 Å². The maximum atomic E-state index is 12.9. The molecular formula is C21H17ClN8O3. The monoisotopic (exact) mass is 464 g/mol. The number of fused-ring (bicyclic) bond motifs is 1. The molecule has 1 saturated heterocycles. The highest BCUT2D eigenvalue weighted by Crippen LogP contribution is 2.27. The van der Waals surface area contributed by atoms with E-state index < -0.39 is 4.92 Å². The molecule has 1 fully saturated rings. The normalized spacial score (nSPS) is 14.0. The molecule has 11 nitrogen and oxygen atoms in total. The molecule has 2 aromatic heterocycles. The van der Waals surface area contributed by atoms with E-state index >= 15 is 0 Å². The summed E-state index contributed by atoms with van der Waals surface area (Å²) in [7, 11) is 0. The number of benzene rings is 2. The number of piperazine rings is 1. The average Bonchev–Trinajstić information content (AvgIpc) is 3.29. The Morgan fingerprint density at radius 1 is 1.03 bits per heavy atom. The number of carbonyl (C=O) groups excluding carboxylic acids is 1. The summed E-state index contributed by atoms with van der Waals surface area (Å²) in [5, 5.41) is 19.7.